The van der Waals surface area contributed by atoms with Gasteiger partial charge in [-0.05, 0) is 45.7 Å². The zero-order valence-corrected chi connectivity index (χ0v) is 24.3. The second-order valence-corrected chi connectivity index (χ2v) is 12.1. The number of nitrogens with zero attached hydrogens (tertiary/aromatic N) is 5. The predicted molar refractivity (Wildman–Crippen MR) is 152 cm³/mol. The summed E-state index contributed by atoms with van der Waals surface area (Å²) < 4.78 is 38.2. The molecule has 0 spiro atoms. The van der Waals surface area contributed by atoms with E-state index in [9.17, 15) is 9.36 Å². The van der Waals surface area contributed by atoms with Gasteiger partial charge in [-0.1, -0.05) is 18.2 Å². The third kappa shape index (κ3) is 6.67. The molecule has 1 aromatic carbocycles. The zero-order chi connectivity index (χ0) is 29.3. The number of para-hydroxylation sites is 1. The first-order chi connectivity index (χ1) is 19.5. The third-order valence-corrected chi connectivity index (χ3v) is 8.27. The number of ether oxygens (including phenoxy) is 2. The van der Waals surface area contributed by atoms with Gasteiger partial charge in [-0.2, -0.15) is 15.1 Å². The number of benzene rings is 1. The van der Waals surface area contributed by atoms with Crippen LogP contribution in [0.3, 0.4) is 0 Å². The van der Waals surface area contributed by atoms with Crippen LogP contribution in [-0.2, 0) is 23.4 Å². The van der Waals surface area contributed by atoms with Gasteiger partial charge in [0, 0.05) is 19.5 Å². The summed E-state index contributed by atoms with van der Waals surface area (Å²) in [6, 6.07) is 7.89. The Morgan fingerprint density at radius 1 is 1.27 bits per heavy atom. The minimum absolute atomic E-state index is 0.0985. The summed E-state index contributed by atoms with van der Waals surface area (Å²) in [6.45, 7) is 4.78. The van der Waals surface area contributed by atoms with Crippen molar-refractivity contribution in [2.75, 3.05) is 24.3 Å². The molecule has 1 saturated heterocycles. The first kappa shape index (κ1) is 28.9. The average Bonchev–Trinajstić information content (AvgIpc) is 3.59. The van der Waals surface area contributed by atoms with E-state index in [1.165, 1.54) is 6.92 Å². The molecule has 1 saturated carbocycles. The normalized spacial score (nSPS) is 21.1. The second kappa shape index (κ2) is 11.7. The van der Waals surface area contributed by atoms with Crippen LogP contribution in [0.5, 0.6) is 5.75 Å². The van der Waals surface area contributed by atoms with E-state index in [-0.39, 0.29) is 30.8 Å². The molecule has 0 radical (unpaired) electrons. The van der Waals surface area contributed by atoms with Crippen LogP contribution in [0.15, 0.2) is 36.7 Å². The molecule has 4 atom stereocenters. The van der Waals surface area contributed by atoms with Gasteiger partial charge in [0.05, 0.1) is 30.9 Å². The van der Waals surface area contributed by atoms with Crippen LogP contribution in [0.2, 0.25) is 0 Å². The number of imidazole rings is 1. The van der Waals surface area contributed by atoms with Crippen molar-refractivity contribution in [2.45, 2.75) is 70.6 Å². The molecule has 41 heavy (non-hydrogen) atoms. The van der Waals surface area contributed by atoms with Crippen LogP contribution in [0.25, 0.3) is 11.2 Å². The predicted octanol–water partition coefficient (Wildman–Crippen LogP) is 3.45. The maximum atomic E-state index is 13.8. The molecule has 3 heterocycles. The lowest BCUT2D eigenvalue weighted by Crippen LogP contribution is -2.36. The molecule has 3 aromatic rings. The lowest BCUT2D eigenvalue weighted by atomic mass is 10.2. The van der Waals surface area contributed by atoms with Crippen molar-refractivity contribution < 1.29 is 27.9 Å². The SMILES string of the molecule is CC(C)OC(=O)[C@@H](C)N[P@@](=O)(OC[C@@H]1CC(=N)[C@H](n2cnc3c(N(C)C4CC4)nc(N)nc32)O1)Oc1ccccc1. The van der Waals surface area contributed by atoms with E-state index < -0.39 is 32.1 Å². The Bertz CT molecular complexity index is 1460. The quantitative estimate of drug-likeness (QED) is 0.208. The van der Waals surface area contributed by atoms with E-state index in [0.717, 1.165) is 12.8 Å². The smallest absolute Gasteiger partial charge is 0.459 e. The van der Waals surface area contributed by atoms with Crippen LogP contribution in [0, 0.1) is 5.41 Å². The summed E-state index contributed by atoms with van der Waals surface area (Å²) in [5.41, 5.74) is 7.30. The molecule has 0 unspecified atom stereocenters. The van der Waals surface area contributed by atoms with Crippen molar-refractivity contribution in [2.24, 2.45) is 0 Å². The Balaban J connectivity index is 1.31. The standard InChI is InChI=1S/C26H35N8O6P/c1-15(2)38-25(35)16(3)32-41(36,40-18-8-6-5-7-9-18)37-13-19-12-20(27)24(39-19)34-14-29-21-22(33(4)17-10-11-17)30-26(28)31-23(21)34/h5-9,14-17,19,24,27H,10-13H2,1-4H3,(H,32,36)(H2,28,30,31)/t16-,19+,24-,41-/m1/s1. The Hall–Kier alpha value is -3.58. The average molecular weight is 587 g/mol. The number of fused-ring (bicyclic) bond motifs is 1. The van der Waals surface area contributed by atoms with Crippen LogP contribution in [0.4, 0.5) is 11.8 Å². The Morgan fingerprint density at radius 2 is 2.00 bits per heavy atom. The number of anilines is 2. The van der Waals surface area contributed by atoms with Crippen molar-refractivity contribution in [3.8, 4) is 5.75 Å². The van der Waals surface area contributed by atoms with Gasteiger partial charge in [0.25, 0.3) is 0 Å². The Labute approximate surface area is 237 Å². The fourth-order valence-electron chi connectivity index (χ4n) is 4.48. The molecule has 2 fully saturated rings. The maximum absolute atomic E-state index is 13.8. The molecule has 2 aliphatic rings. The molecular weight excluding hydrogens is 551 g/mol. The minimum Gasteiger partial charge on any atom is -0.462 e. The zero-order valence-electron chi connectivity index (χ0n) is 23.4. The first-order valence-corrected chi connectivity index (χ1v) is 15.0. The summed E-state index contributed by atoms with van der Waals surface area (Å²) in [6.07, 6.45) is 2.11. The van der Waals surface area contributed by atoms with Crippen molar-refractivity contribution in [3.05, 3.63) is 36.7 Å². The van der Waals surface area contributed by atoms with Gasteiger partial charge in [-0.15, -0.1) is 0 Å². The highest BCUT2D eigenvalue weighted by molar-refractivity contribution is 7.52. The number of hydrogen-bond donors (Lipinski definition) is 3. The molecule has 14 nitrogen and oxygen atoms in total. The molecule has 1 aliphatic carbocycles. The highest BCUT2D eigenvalue weighted by atomic mass is 31.2. The van der Waals surface area contributed by atoms with Crippen molar-refractivity contribution >= 4 is 42.4 Å². The van der Waals surface area contributed by atoms with Gasteiger partial charge >= 0.3 is 13.7 Å². The third-order valence-electron chi connectivity index (χ3n) is 6.63. The fraction of sp³-hybridized carbons (Fsp3) is 0.500. The largest absolute Gasteiger partial charge is 0.462 e. The van der Waals surface area contributed by atoms with Gasteiger partial charge in [-0.3, -0.25) is 13.9 Å². The van der Waals surface area contributed by atoms with Crippen LogP contribution < -0.4 is 20.2 Å². The second-order valence-electron chi connectivity index (χ2n) is 10.4. The van der Waals surface area contributed by atoms with Crippen molar-refractivity contribution in [1.82, 2.24) is 24.6 Å². The molecule has 4 N–H and O–H groups in total. The molecule has 1 aliphatic heterocycles. The monoisotopic (exact) mass is 586 g/mol. The number of rotatable bonds is 12. The van der Waals surface area contributed by atoms with Crippen LogP contribution in [-0.4, -0.2) is 69.1 Å². The highest BCUT2D eigenvalue weighted by Gasteiger charge is 2.38. The number of nitrogens with two attached hydrogens (primary N) is 1. The molecule has 15 heteroatoms. The molecule has 0 amide bonds. The van der Waals surface area contributed by atoms with E-state index in [4.69, 9.17) is 29.7 Å². The number of esters is 1. The number of nitrogen functional groups attached to an aromatic ring is 1. The van der Waals surface area contributed by atoms with Gasteiger partial charge in [0.1, 0.15) is 11.8 Å². The number of hydrogen-bond acceptors (Lipinski definition) is 12. The summed E-state index contributed by atoms with van der Waals surface area (Å²) >= 11 is 0. The number of carbonyl (C=O) groups excluding carboxylic acids is 1. The van der Waals surface area contributed by atoms with E-state index in [1.54, 1.807) is 55.1 Å². The Kier molecular flexibility index (Phi) is 8.28. The summed E-state index contributed by atoms with van der Waals surface area (Å²) in [5, 5.41) is 11.3. The van der Waals surface area contributed by atoms with Crippen molar-refractivity contribution in [1.29, 1.82) is 5.41 Å². The fourth-order valence-corrected chi connectivity index (χ4v) is 6.00. The number of nitrogens with one attached hydrogen (secondary N) is 2. The highest BCUT2D eigenvalue weighted by Crippen LogP contribution is 2.46. The number of carbonyl (C=O) groups is 1. The van der Waals surface area contributed by atoms with E-state index >= 15 is 0 Å². The molecule has 220 valence electrons. The summed E-state index contributed by atoms with van der Waals surface area (Å²) in [4.78, 5) is 27.7. The van der Waals surface area contributed by atoms with Gasteiger partial charge < -0.3 is 30.0 Å². The van der Waals surface area contributed by atoms with Crippen LogP contribution >= 0.6 is 7.75 Å². The topological polar surface area (TPSA) is 180 Å². The Morgan fingerprint density at radius 3 is 2.68 bits per heavy atom. The number of aromatic nitrogens is 4. The van der Waals surface area contributed by atoms with E-state index in [2.05, 4.69) is 20.0 Å². The molecule has 0 bridgehead atoms. The van der Waals surface area contributed by atoms with E-state index in [0.29, 0.717) is 28.8 Å². The van der Waals surface area contributed by atoms with Gasteiger partial charge in [-0.25, -0.2) is 9.55 Å². The molecule has 2 aromatic heterocycles. The molecular formula is C26H35N8O6P. The van der Waals surface area contributed by atoms with Crippen LogP contribution in [0.1, 0.15) is 46.3 Å². The van der Waals surface area contributed by atoms with Gasteiger partial charge in [0.15, 0.2) is 23.2 Å². The van der Waals surface area contributed by atoms with E-state index in [1.807, 2.05) is 11.9 Å². The van der Waals surface area contributed by atoms with Gasteiger partial charge in [0.2, 0.25) is 5.95 Å². The first-order valence-electron chi connectivity index (χ1n) is 13.5. The lowest BCUT2D eigenvalue weighted by Gasteiger charge is -2.24. The summed E-state index contributed by atoms with van der Waals surface area (Å²) in [5.74, 6) is 0.425. The molecule has 5 rings (SSSR count). The summed E-state index contributed by atoms with van der Waals surface area (Å²) in [7, 11) is -2.13. The minimum atomic E-state index is -4.08. The lowest BCUT2D eigenvalue weighted by molar-refractivity contribution is -0.149. The maximum Gasteiger partial charge on any atom is 0.459 e. The van der Waals surface area contributed by atoms with Crippen molar-refractivity contribution in [3.63, 3.8) is 0 Å².